The summed E-state index contributed by atoms with van der Waals surface area (Å²) in [7, 11) is 0. The summed E-state index contributed by atoms with van der Waals surface area (Å²) < 4.78 is 0. The number of halogens is 1. The molecule has 0 spiro atoms. The van der Waals surface area contributed by atoms with Crippen molar-refractivity contribution in [2.75, 3.05) is 6.54 Å². The van der Waals surface area contributed by atoms with Crippen LogP contribution in [0.3, 0.4) is 0 Å². The SMILES string of the molecule is C=C(NCC)C1CCCc2c1[nH]c1ccc(Cl)cc21. The van der Waals surface area contributed by atoms with Crippen LogP contribution < -0.4 is 5.32 Å². The topological polar surface area (TPSA) is 27.8 Å². The minimum Gasteiger partial charge on any atom is -0.389 e. The van der Waals surface area contributed by atoms with Crippen molar-refractivity contribution in [2.24, 2.45) is 0 Å². The zero-order valence-electron chi connectivity index (χ0n) is 11.2. The van der Waals surface area contributed by atoms with Gasteiger partial charge in [0.25, 0.3) is 0 Å². The van der Waals surface area contributed by atoms with Gasteiger partial charge in [-0.25, -0.2) is 0 Å². The maximum Gasteiger partial charge on any atom is 0.0460 e. The number of likely N-dealkylation sites (N-methyl/N-ethyl adjacent to an activating group) is 1. The number of benzene rings is 1. The number of H-pyrrole nitrogens is 1. The van der Waals surface area contributed by atoms with Crippen molar-refractivity contribution >= 4 is 22.5 Å². The maximum atomic E-state index is 6.12. The molecular formula is C16H19ClN2. The lowest BCUT2D eigenvalue weighted by molar-refractivity contribution is 0.570. The molecule has 1 atom stereocenters. The van der Waals surface area contributed by atoms with Gasteiger partial charge >= 0.3 is 0 Å². The van der Waals surface area contributed by atoms with Crippen LogP contribution in [-0.4, -0.2) is 11.5 Å². The second kappa shape index (κ2) is 4.93. The van der Waals surface area contributed by atoms with Crippen molar-refractivity contribution in [3.8, 4) is 0 Å². The fourth-order valence-corrected chi connectivity index (χ4v) is 3.31. The number of aromatic amines is 1. The molecule has 3 rings (SSSR count). The third-order valence-electron chi connectivity index (χ3n) is 3.99. The monoisotopic (exact) mass is 274 g/mol. The molecule has 1 aromatic carbocycles. The Morgan fingerprint density at radius 1 is 1.53 bits per heavy atom. The number of aromatic nitrogens is 1. The van der Waals surface area contributed by atoms with E-state index in [1.54, 1.807) is 0 Å². The molecule has 1 aliphatic rings. The maximum absolute atomic E-state index is 6.12. The van der Waals surface area contributed by atoms with Crippen molar-refractivity contribution in [1.29, 1.82) is 0 Å². The minimum atomic E-state index is 0.398. The molecule has 0 saturated carbocycles. The van der Waals surface area contributed by atoms with Crippen molar-refractivity contribution in [2.45, 2.75) is 32.1 Å². The third-order valence-corrected chi connectivity index (χ3v) is 4.23. The zero-order chi connectivity index (χ0) is 13.4. The molecular weight excluding hydrogens is 256 g/mol. The highest BCUT2D eigenvalue weighted by atomic mass is 35.5. The molecule has 1 aromatic heterocycles. The Hall–Kier alpha value is -1.41. The van der Waals surface area contributed by atoms with Crippen LogP contribution in [0.2, 0.25) is 5.02 Å². The Kier molecular flexibility index (Phi) is 3.28. The van der Waals surface area contributed by atoms with E-state index >= 15 is 0 Å². The summed E-state index contributed by atoms with van der Waals surface area (Å²) in [6, 6.07) is 6.09. The predicted octanol–water partition coefficient (Wildman–Crippen LogP) is 4.36. The Bertz CT molecular complexity index is 627. The Balaban J connectivity index is 2.09. The van der Waals surface area contributed by atoms with Crippen LogP contribution in [-0.2, 0) is 6.42 Å². The highest BCUT2D eigenvalue weighted by molar-refractivity contribution is 6.31. The van der Waals surface area contributed by atoms with E-state index in [-0.39, 0.29) is 0 Å². The van der Waals surface area contributed by atoms with Crippen LogP contribution in [0, 0.1) is 0 Å². The average Bonchev–Trinajstić information content (AvgIpc) is 2.77. The smallest absolute Gasteiger partial charge is 0.0460 e. The van der Waals surface area contributed by atoms with Crippen LogP contribution in [0.4, 0.5) is 0 Å². The van der Waals surface area contributed by atoms with E-state index in [1.807, 2.05) is 6.07 Å². The van der Waals surface area contributed by atoms with E-state index in [1.165, 1.54) is 35.0 Å². The van der Waals surface area contributed by atoms with E-state index in [2.05, 4.69) is 35.9 Å². The number of hydrogen-bond donors (Lipinski definition) is 2. The quantitative estimate of drug-likeness (QED) is 0.855. The number of nitrogens with one attached hydrogen (secondary N) is 2. The third kappa shape index (κ3) is 2.14. The molecule has 3 heteroatoms. The van der Waals surface area contributed by atoms with Crippen LogP contribution in [0.5, 0.6) is 0 Å². The molecule has 0 saturated heterocycles. The lowest BCUT2D eigenvalue weighted by Gasteiger charge is -2.25. The zero-order valence-corrected chi connectivity index (χ0v) is 12.0. The summed E-state index contributed by atoms with van der Waals surface area (Å²) >= 11 is 6.12. The summed E-state index contributed by atoms with van der Waals surface area (Å²) in [6.07, 6.45) is 3.51. The second-order valence-electron chi connectivity index (χ2n) is 5.21. The van der Waals surface area contributed by atoms with Crippen LogP contribution in [0.15, 0.2) is 30.5 Å². The fourth-order valence-electron chi connectivity index (χ4n) is 3.13. The lowest BCUT2D eigenvalue weighted by Crippen LogP contribution is -2.21. The molecule has 0 radical (unpaired) electrons. The molecule has 1 aliphatic carbocycles. The molecule has 0 amide bonds. The van der Waals surface area contributed by atoms with Crippen molar-refractivity contribution in [1.82, 2.24) is 10.3 Å². The van der Waals surface area contributed by atoms with Crippen molar-refractivity contribution in [3.05, 3.63) is 46.8 Å². The van der Waals surface area contributed by atoms with Gasteiger partial charge in [-0.1, -0.05) is 18.2 Å². The van der Waals surface area contributed by atoms with Gasteiger partial charge in [0.2, 0.25) is 0 Å². The second-order valence-corrected chi connectivity index (χ2v) is 5.64. The van der Waals surface area contributed by atoms with E-state index in [0.29, 0.717) is 5.92 Å². The molecule has 100 valence electrons. The molecule has 0 bridgehead atoms. The summed E-state index contributed by atoms with van der Waals surface area (Å²) in [5.41, 5.74) is 5.06. The Morgan fingerprint density at radius 3 is 3.16 bits per heavy atom. The molecule has 19 heavy (non-hydrogen) atoms. The number of aryl methyl sites for hydroxylation is 1. The van der Waals surface area contributed by atoms with Gasteiger partial charge < -0.3 is 10.3 Å². The van der Waals surface area contributed by atoms with Crippen LogP contribution >= 0.6 is 11.6 Å². The first-order valence-electron chi connectivity index (χ1n) is 6.93. The summed E-state index contributed by atoms with van der Waals surface area (Å²) in [5, 5.41) is 5.45. The first-order valence-corrected chi connectivity index (χ1v) is 7.31. The van der Waals surface area contributed by atoms with Gasteiger partial charge in [-0.2, -0.15) is 0 Å². The highest BCUT2D eigenvalue weighted by Gasteiger charge is 2.26. The molecule has 1 heterocycles. The van der Waals surface area contributed by atoms with Crippen molar-refractivity contribution in [3.63, 3.8) is 0 Å². The standard InChI is InChI=1S/C16H19ClN2/c1-3-18-10(2)12-5-4-6-13-14-9-11(17)7-8-15(14)19-16(12)13/h7-9,12,18-19H,2-6H2,1H3. The number of hydrogen-bond acceptors (Lipinski definition) is 1. The van der Waals surface area contributed by atoms with E-state index in [9.17, 15) is 0 Å². The van der Waals surface area contributed by atoms with Gasteiger partial charge in [0, 0.05) is 39.8 Å². The van der Waals surface area contributed by atoms with Gasteiger partial charge in [0.1, 0.15) is 0 Å². The van der Waals surface area contributed by atoms with Crippen LogP contribution in [0.25, 0.3) is 10.9 Å². The van der Waals surface area contributed by atoms with E-state index in [0.717, 1.165) is 23.7 Å². The summed E-state index contributed by atoms with van der Waals surface area (Å²) in [6.45, 7) is 7.24. The first kappa shape index (κ1) is 12.6. The Labute approximate surface area is 118 Å². The number of fused-ring (bicyclic) bond motifs is 3. The number of rotatable bonds is 3. The average molecular weight is 275 g/mol. The van der Waals surface area contributed by atoms with Gasteiger partial charge in [-0.05, 0) is 49.9 Å². The minimum absolute atomic E-state index is 0.398. The van der Waals surface area contributed by atoms with E-state index < -0.39 is 0 Å². The molecule has 0 fully saturated rings. The van der Waals surface area contributed by atoms with E-state index in [4.69, 9.17) is 11.6 Å². The normalized spacial score (nSPS) is 18.3. The summed E-state index contributed by atoms with van der Waals surface area (Å²) in [5.74, 6) is 0.398. The molecule has 2 N–H and O–H groups in total. The van der Waals surface area contributed by atoms with Crippen molar-refractivity contribution < 1.29 is 0 Å². The predicted molar refractivity (Wildman–Crippen MR) is 81.8 cm³/mol. The highest BCUT2D eigenvalue weighted by Crippen LogP contribution is 2.39. The van der Waals surface area contributed by atoms with Gasteiger partial charge in [-0.15, -0.1) is 0 Å². The molecule has 2 aromatic rings. The molecule has 1 unspecified atom stereocenters. The van der Waals surface area contributed by atoms with Crippen LogP contribution in [0.1, 0.15) is 36.9 Å². The van der Waals surface area contributed by atoms with Gasteiger partial charge in [-0.3, -0.25) is 0 Å². The molecule has 2 nitrogen and oxygen atoms in total. The number of allylic oxidation sites excluding steroid dienone is 1. The largest absolute Gasteiger partial charge is 0.389 e. The van der Waals surface area contributed by atoms with Gasteiger partial charge in [0.05, 0.1) is 0 Å². The summed E-state index contributed by atoms with van der Waals surface area (Å²) in [4.78, 5) is 3.57. The lowest BCUT2D eigenvalue weighted by atomic mass is 9.85. The fraction of sp³-hybridized carbons (Fsp3) is 0.375. The van der Waals surface area contributed by atoms with Gasteiger partial charge in [0.15, 0.2) is 0 Å². The Morgan fingerprint density at radius 2 is 2.37 bits per heavy atom. The first-order chi connectivity index (χ1) is 9.20. The molecule has 0 aliphatic heterocycles.